The van der Waals surface area contributed by atoms with Crippen LogP contribution in [-0.2, 0) is 9.59 Å². The number of nitrogens with one attached hydrogen (secondary N) is 1. The molecule has 0 unspecified atom stereocenters. The van der Waals surface area contributed by atoms with E-state index < -0.39 is 12.0 Å². The van der Waals surface area contributed by atoms with Crippen molar-refractivity contribution in [2.75, 3.05) is 6.54 Å². The Kier molecular flexibility index (Phi) is 4.21. The Morgan fingerprint density at radius 3 is 2.55 bits per heavy atom. The highest BCUT2D eigenvalue weighted by Gasteiger charge is 2.14. The predicted molar refractivity (Wildman–Crippen MR) is 38.9 cm³/mol. The van der Waals surface area contributed by atoms with Gasteiger partial charge in [-0.3, -0.25) is 9.59 Å². The van der Waals surface area contributed by atoms with Crippen molar-refractivity contribution >= 4 is 11.9 Å². The summed E-state index contributed by atoms with van der Waals surface area (Å²) in [5.41, 5.74) is 5.09. The molecule has 11 heavy (non-hydrogen) atoms. The summed E-state index contributed by atoms with van der Waals surface area (Å²) in [6.07, 6.45) is -0.164. The summed E-state index contributed by atoms with van der Waals surface area (Å²) in [6.45, 7) is 2.25. The molecule has 64 valence electrons. The number of amides is 1. The summed E-state index contributed by atoms with van der Waals surface area (Å²) in [4.78, 5) is 20.8. The van der Waals surface area contributed by atoms with Gasteiger partial charge in [-0.15, -0.1) is 0 Å². The smallest absolute Gasteiger partial charge is 0.321 e. The van der Waals surface area contributed by atoms with Crippen LogP contribution in [0.15, 0.2) is 0 Å². The molecule has 0 aliphatic carbocycles. The van der Waals surface area contributed by atoms with Crippen molar-refractivity contribution in [1.29, 1.82) is 0 Å². The van der Waals surface area contributed by atoms with Crippen molar-refractivity contribution in [3.63, 3.8) is 0 Å². The number of hydrogen-bond acceptors (Lipinski definition) is 3. The van der Waals surface area contributed by atoms with Crippen LogP contribution in [0.2, 0.25) is 0 Å². The number of carbonyl (C=O) groups excluding carboxylic acids is 1. The molecule has 0 saturated carbocycles. The van der Waals surface area contributed by atoms with E-state index in [2.05, 4.69) is 5.32 Å². The average Bonchev–Trinajstić information content (AvgIpc) is 1.87. The molecule has 5 heteroatoms. The van der Waals surface area contributed by atoms with Gasteiger partial charge in [0.1, 0.15) is 6.04 Å². The molecule has 1 amide bonds. The van der Waals surface area contributed by atoms with E-state index in [4.69, 9.17) is 10.8 Å². The highest BCUT2D eigenvalue weighted by atomic mass is 16.4. The van der Waals surface area contributed by atoms with Gasteiger partial charge in [0.25, 0.3) is 0 Å². The van der Waals surface area contributed by atoms with Crippen molar-refractivity contribution in [2.24, 2.45) is 5.73 Å². The third-order valence-corrected chi connectivity index (χ3v) is 1.10. The van der Waals surface area contributed by atoms with Crippen LogP contribution in [0.5, 0.6) is 0 Å². The van der Waals surface area contributed by atoms with Crippen molar-refractivity contribution in [2.45, 2.75) is 19.4 Å². The lowest BCUT2D eigenvalue weighted by atomic mass is 10.2. The summed E-state index contributed by atoms with van der Waals surface area (Å²) < 4.78 is 0. The molecule has 0 radical (unpaired) electrons. The fraction of sp³-hybridized carbons (Fsp3) is 0.667. The van der Waals surface area contributed by atoms with Crippen LogP contribution >= 0.6 is 0 Å². The summed E-state index contributed by atoms with van der Waals surface area (Å²) >= 11 is 0. The maximum absolute atomic E-state index is 10.7. The van der Waals surface area contributed by atoms with E-state index in [1.807, 2.05) is 0 Å². The van der Waals surface area contributed by atoms with Gasteiger partial charge in [0.05, 0.1) is 6.42 Å². The fourth-order valence-corrected chi connectivity index (χ4v) is 0.556. The molecule has 0 aliphatic rings. The topological polar surface area (TPSA) is 92.4 Å². The second-order valence-corrected chi connectivity index (χ2v) is 2.10. The molecule has 0 aromatic rings. The Balaban J connectivity index is 3.66. The first-order valence-corrected chi connectivity index (χ1v) is 3.33. The molecule has 1 atom stereocenters. The van der Waals surface area contributed by atoms with Gasteiger partial charge in [-0.2, -0.15) is 0 Å². The zero-order valence-corrected chi connectivity index (χ0v) is 6.33. The van der Waals surface area contributed by atoms with Gasteiger partial charge in [-0.05, 0) is 6.92 Å². The van der Waals surface area contributed by atoms with E-state index in [0.717, 1.165) is 0 Å². The largest absolute Gasteiger partial charge is 0.480 e. The van der Waals surface area contributed by atoms with Crippen LogP contribution in [-0.4, -0.2) is 29.6 Å². The predicted octanol–water partition coefficient (Wildman–Crippen LogP) is -1.08. The maximum atomic E-state index is 10.7. The van der Waals surface area contributed by atoms with E-state index in [1.54, 1.807) is 6.92 Å². The Bertz CT molecular complexity index is 158. The first kappa shape index (κ1) is 9.90. The van der Waals surface area contributed by atoms with Gasteiger partial charge in [-0.25, -0.2) is 0 Å². The maximum Gasteiger partial charge on any atom is 0.321 e. The van der Waals surface area contributed by atoms with Gasteiger partial charge in [0.2, 0.25) is 5.91 Å². The monoisotopic (exact) mass is 160 g/mol. The molecular formula is C6H12N2O3. The first-order chi connectivity index (χ1) is 5.07. The minimum absolute atomic E-state index is 0.164. The molecule has 5 nitrogen and oxygen atoms in total. The number of carboxylic acid groups (broad SMARTS) is 1. The van der Waals surface area contributed by atoms with Crippen LogP contribution in [0.25, 0.3) is 0 Å². The zero-order chi connectivity index (χ0) is 8.85. The van der Waals surface area contributed by atoms with Gasteiger partial charge >= 0.3 is 5.97 Å². The lowest BCUT2D eigenvalue weighted by Crippen LogP contribution is -2.36. The molecule has 0 aliphatic heterocycles. The van der Waals surface area contributed by atoms with Gasteiger partial charge in [0, 0.05) is 6.54 Å². The van der Waals surface area contributed by atoms with Crippen LogP contribution in [0.4, 0.5) is 0 Å². The molecule has 0 rings (SSSR count). The molecule has 0 heterocycles. The fourth-order valence-electron chi connectivity index (χ4n) is 0.556. The normalized spacial score (nSPS) is 12.2. The zero-order valence-electron chi connectivity index (χ0n) is 6.33. The molecule has 0 fully saturated rings. The van der Waals surface area contributed by atoms with Crippen molar-refractivity contribution in [3.8, 4) is 0 Å². The minimum Gasteiger partial charge on any atom is -0.480 e. The number of aliphatic carboxylic acids is 1. The van der Waals surface area contributed by atoms with Crippen molar-refractivity contribution in [1.82, 2.24) is 5.32 Å². The Hall–Kier alpha value is -1.10. The summed E-state index contributed by atoms with van der Waals surface area (Å²) in [6, 6.07) is -1.10. The number of carboxylic acids is 1. The standard InChI is InChI=1S/C6H12N2O3/c1-2-8-5(9)3-4(7)6(10)11/h4H,2-3,7H2,1H3,(H,8,9)(H,10,11)/t4-/m1/s1. The number of rotatable bonds is 4. The molecule has 0 bridgehead atoms. The second-order valence-electron chi connectivity index (χ2n) is 2.10. The van der Waals surface area contributed by atoms with Gasteiger partial charge in [0.15, 0.2) is 0 Å². The number of hydrogen-bond donors (Lipinski definition) is 3. The van der Waals surface area contributed by atoms with Crippen LogP contribution in [0.1, 0.15) is 13.3 Å². The summed E-state index contributed by atoms with van der Waals surface area (Å²) in [7, 11) is 0. The Morgan fingerprint density at radius 2 is 2.18 bits per heavy atom. The Labute approximate surface area is 64.6 Å². The van der Waals surface area contributed by atoms with Crippen LogP contribution in [0.3, 0.4) is 0 Å². The first-order valence-electron chi connectivity index (χ1n) is 3.33. The average molecular weight is 160 g/mol. The van der Waals surface area contributed by atoms with Crippen molar-refractivity contribution < 1.29 is 14.7 Å². The molecular weight excluding hydrogens is 148 g/mol. The number of carbonyl (C=O) groups is 2. The minimum atomic E-state index is -1.16. The lowest BCUT2D eigenvalue weighted by molar-refractivity contribution is -0.140. The third kappa shape index (κ3) is 4.32. The highest BCUT2D eigenvalue weighted by molar-refractivity contribution is 5.84. The molecule has 4 N–H and O–H groups in total. The molecule has 0 spiro atoms. The lowest BCUT2D eigenvalue weighted by Gasteiger charge is -2.04. The molecule has 0 aromatic carbocycles. The summed E-state index contributed by atoms with van der Waals surface area (Å²) in [5, 5.41) is 10.7. The van der Waals surface area contributed by atoms with E-state index in [-0.39, 0.29) is 12.3 Å². The highest BCUT2D eigenvalue weighted by Crippen LogP contribution is 1.87. The van der Waals surface area contributed by atoms with Crippen LogP contribution < -0.4 is 11.1 Å². The molecule has 0 saturated heterocycles. The quantitative estimate of drug-likeness (QED) is 0.488. The number of nitrogens with two attached hydrogens (primary N) is 1. The summed E-state index contributed by atoms with van der Waals surface area (Å²) in [5.74, 6) is -1.49. The molecule has 0 aromatic heterocycles. The van der Waals surface area contributed by atoms with E-state index in [9.17, 15) is 9.59 Å². The second kappa shape index (κ2) is 4.68. The SMILES string of the molecule is CCNC(=O)C[C@@H](N)C(=O)O. The van der Waals surface area contributed by atoms with Crippen LogP contribution in [0, 0.1) is 0 Å². The van der Waals surface area contributed by atoms with E-state index >= 15 is 0 Å². The van der Waals surface area contributed by atoms with Crippen molar-refractivity contribution in [3.05, 3.63) is 0 Å². The van der Waals surface area contributed by atoms with E-state index in [1.165, 1.54) is 0 Å². The van der Waals surface area contributed by atoms with E-state index in [0.29, 0.717) is 6.54 Å². The van der Waals surface area contributed by atoms with Gasteiger partial charge in [-0.1, -0.05) is 0 Å². The third-order valence-electron chi connectivity index (χ3n) is 1.10. The Morgan fingerprint density at radius 1 is 1.64 bits per heavy atom. The van der Waals surface area contributed by atoms with Gasteiger partial charge < -0.3 is 16.2 Å².